The average molecular weight is 333 g/mol. The van der Waals surface area contributed by atoms with Gasteiger partial charge in [-0.15, -0.1) is 0 Å². The number of aryl methyl sites for hydroxylation is 2. The van der Waals surface area contributed by atoms with Crippen LogP contribution in [0.5, 0.6) is 0 Å². The molecule has 20 heavy (non-hydrogen) atoms. The number of hydrogen-bond donors (Lipinski definition) is 2. The van der Waals surface area contributed by atoms with E-state index in [9.17, 15) is 4.79 Å². The molecular weight excluding hydrogens is 316 g/mol. The zero-order chi connectivity index (χ0) is 14.5. The summed E-state index contributed by atoms with van der Waals surface area (Å²) in [7, 11) is 0. The van der Waals surface area contributed by atoms with Crippen LogP contribution < -0.4 is 10.6 Å². The average Bonchev–Trinajstić information content (AvgIpc) is 2.42. The molecule has 2 rings (SSSR count). The molecule has 0 spiro atoms. The third kappa shape index (κ3) is 3.84. The summed E-state index contributed by atoms with van der Waals surface area (Å²) in [5, 5.41) is 6.03. The standard InChI is InChI=1S/C16H17BrN2O/c1-11-7-8-12(2)15(9-11)18-10-16(20)19-14-6-4-3-5-13(14)17/h3-9,18H,10H2,1-2H3,(H,19,20). The minimum atomic E-state index is -0.0715. The Labute approximate surface area is 127 Å². The highest BCUT2D eigenvalue weighted by Crippen LogP contribution is 2.21. The molecule has 0 atom stereocenters. The molecule has 0 radical (unpaired) electrons. The van der Waals surface area contributed by atoms with Crippen molar-refractivity contribution < 1.29 is 4.79 Å². The van der Waals surface area contributed by atoms with Gasteiger partial charge < -0.3 is 10.6 Å². The Morgan fingerprint density at radius 1 is 1.10 bits per heavy atom. The van der Waals surface area contributed by atoms with E-state index in [4.69, 9.17) is 0 Å². The van der Waals surface area contributed by atoms with Gasteiger partial charge in [0, 0.05) is 10.2 Å². The number of halogens is 1. The third-order valence-corrected chi connectivity index (χ3v) is 3.67. The second kappa shape index (κ2) is 6.57. The van der Waals surface area contributed by atoms with Crippen LogP contribution >= 0.6 is 15.9 Å². The molecule has 0 aliphatic rings. The fourth-order valence-corrected chi connectivity index (χ4v) is 2.24. The van der Waals surface area contributed by atoms with Crippen molar-refractivity contribution in [3.8, 4) is 0 Å². The van der Waals surface area contributed by atoms with Gasteiger partial charge in [-0.05, 0) is 59.1 Å². The van der Waals surface area contributed by atoms with Gasteiger partial charge in [-0.25, -0.2) is 0 Å². The van der Waals surface area contributed by atoms with Gasteiger partial charge in [-0.3, -0.25) is 4.79 Å². The summed E-state index contributed by atoms with van der Waals surface area (Å²) in [5.74, 6) is -0.0715. The van der Waals surface area contributed by atoms with Gasteiger partial charge in [-0.1, -0.05) is 24.3 Å². The highest BCUT2D eigenvalue weighted by atomic mass is 79.9. The van der Waals surface area contributed by atoms with Gasteiger partial charge in [0.25, 0.3) is 0 Å². The molecular formula is C16H17BrN2O. The third-order valence-electron chi connectivity index (χ3n) is 2.98. The lowest BCUT2D eigenvalue weighted by atomic mass is 10.1. The van der Waals surface area contributed by atoms with Gasteiger partial charge in [0.2, 0.25) is 5.91 Å². The van der Waals surface area contributed by atoms with E-state index in [1.54, 1.807) is 0 Å². The van der Waals surface area contributed by atoms with Crippen molar-refractivity contribution in [1.82, 2.24) is 0 Å². The lowest BCUT2D eigenvalue weighted by Crippen LogP contribution is -2.22. The number of carbonyl (C=O) groups excluding carboxylic acids is 1. The Hall–Kier alpha value is -1.81. The molecule has 0 bridgehead atoms. The summed E-state index contributed by atoms with van der Waals surface area (Å²) in [6.45, 7) is 4.30. The molecule has 0 unspecified atom stereocenters. The Balaban J connectivity index is 1.96. The zero-order valence-corrected chi connectivity index (χ0v) is 13.1. The first-order valence-electron chi connectivity index (χ1n) is 6.42. The quantitative estimate of drug-likeness (QED) is 0.884. The predicted molar refractivity (Wildman–Crippen MR) is 87.2 cm³/mol. The molecule has 0 fully saturated rings. The minimum Gasteiger partial charge on any atom is -0.376 e. The monoisotopic (exact) mass is 332 g/mol. The van der Waals surface area contributed by atoms with Crippen molar-refractivity contribution >= 4 is 33.2 Å². The molecule has 0 aliphatic carbocycles. The molecule has 0 aromatic heterocycles. The van der Waals surface area contributed by atoms with Crippen LogP contribution in [0.15, 0.2) is 46.9 Å². The fourth-order valence-electron chi connectivity index (χ4n) is 1.86. The largest absolute Gasteiger partial charge is 0.376 e. The summed E-state index contributed by atoms with van der Waals surface area (Å²) in [5.41, 5.74) is 4.07. The first kappa shape index (κ1) is 14.6. The summed E-state index contributed by atoms with van der Waals surface area (Å²) < 4.78 is 0.875. The normalized spacial score (nSPS) is 10.2. The second-order valence-electron chi connectivity index (χ2n) is 4.70. The number of nitrogens with one attached hydrogen (secondary N) is 2. The van der Waals surface area contributed by atoms with Crippen molar-refractivity contribution in [1.29, 1.82) is 0 Å². The summed E-state index contributed by atoms with van der Waals surface area (Å²) >= 11 is 3.41. The van der Waals surface area contributed by atoms with Crippen LogP contribution in [0.3, 0.4) is 0 Å². The van der Waals surface area contributed by atoms with Crippen LogP contribution in [0.25, 0.3) is 0 Å². The molecule has 1 amide bonds. The SMILES string of the molecule is Cc1ccc(C)c(NCC(=O)Nc2ccccc2Br)c1. The molecule has 4 heteroatoms. The number of para-hydroxylation sites is 1. The van der Waals surface area contributed by atoms with Gasteiger partial charge in [0.05, 0.1) is 12.2 Å². The Kier molecular flexibility index (Phi) is 4.79. The fraction of sp³-hybridized carbons (Fsp3) is 0.188. The van der Waals surface area contributed by atoms with E-state index in [1.165, 1.54) is 5.56 Å². The van der Waals surface area contributed by atoms with E-state index in [0.29, 0.717) is 0 Å². The molecule has 2 aromatic carbocycles. The molecule has 0 heterocycles. The van der Waals surface area contributed by atoms with Crippen molar-refractivity contribution in [3.05, 3.63) is 58.1 Å². The molecule has 0 saturated carbocycles. The van der Waals surface area contributed by atoms with Crippen LogP contribution in [-0.4, -0.2) is 12.5 Å². The van der Waals surface area contributed by atoms with Crippen molar-refractivity contribution in [2.45, 2.75) is 13.8 Å². The van der Waals surface area contributed by atoms with Gasteiger partial charge in [0.15, 0.2) is 0 Å². The summed E-state index contributed by atoms with van der Waals surface area (Å²) in [6.07, 6.45) is 0. The molecule has 0 saturated heterocycles. The Morgan fingerprint density at radius 3 is 2.60 bits per heavy atom. The lowest BCUT2D eigenvalue weighted by molar-refractivity contribution is -0.114. The smallest absolute Gasteiger partial charge is 0.243 e. The van der Waals surface area contributed by atoms with Crippen LogP contribution in [0, 0.1) is 13.8 Å². The minimum absolute atomic E-state index is 0.0715. The molecule has 2 N–H and O–H groups in total. The zero-order valence-electron chi connectivity index (χ0n) is 11.5. The van der Waals surface area contributed by atoms with Gasteiger partial charge in [0.1, 0.15) is 0 Å². The van der Waals surface area contributed by atoms with E-state index in [2.05, 4.69) is 32.6 Å². The molecule has 0 aliphatic heterocycles. The van der Waals surface area contributed by atoms with Gasteiger partial charge in [-0.2, -0.15) is 0 Å². The van der Waals surface area contributed by atoms with E-state index in [0.717, 1.165) is 21.4 Å². The maximum Gasteiger partial charge on any atom is 0.243 e. The highest BCUT2D eigenvalue weighted by Gasteiger charge is 2.06. The van der Waals surface area contributed by atoms with Crippen LogP contribution in [0.2, 0.25) is 0 Å². The van der Waals surface area contributed by atoms with Gasteiger partial charge >= 0.3 is 0 Å². The van der Waals surface area contributed by atoms with Crippen molar-refractivity contribution in [2.24, 2.45) is 0 Å². The van der Waals surface area contributed by atoms with E-state index in [1.807, 2.05) is 50.2 Å². The molecule has 104 valence electrons. The number of anilines is 2. The lowest BCUT2D eigenvalue weighted by Gasteiger charge is -2.11. The molecule has 3 nitrogen and oxygen atoms in total. The Bertz CT molecular complexity index is 626. The van der Waals surface area contributed by atoms with Crippen LogP contribution in [0.1, 0.15) is 11.1 Å². The number of amides is 1. The number of hydrogen-bond acceptors (Lipinski definition) is 2. The number of carbonyl (C=O) groups is 1. The topological polar surface area (TPSA) is 41.1 Å². The number of rotatable bonds is 4. The highest BCUT2D eigenvalue weighted by molar-refractivity contribution is 9.10. The Morgan fingerprint density at radius 2 is 1.85 bits per heavy atom. The van der Waals surface area contributed by atoms with Crippen LogP contribution in [0.4, 0.5) is 11.4 Å². The first-order valence-corrected chi connectivity index (χ1v) is 7.21. The predicted octanol–water partition coefficient (Wildman–Crippen LogP) is 4.12. The summed E-state index contributed by atoms with van der Waals surface area (Å²) in [4.78, 5) is 11.9. The van der Waals surface area contributed by atoms with E-state index < -0.39 is 0 Å². The maximum atomic E-state index is 11.9. The van der Waals surface area contributed by atoms with Crippen LogP contribution in [-0.2, 0) is 4.79 Å². The van der Waals surface area contributed by atoms with E-state index in [-0.39, 0.29) is 12.5 Å². The van der Waals surface area contributed by atoms with E-state index >= 15 is 0 Å². The number of benzene rings is 2. The van der Waals surface area contributed by atoms with Crippen molar-refractivity contribution in [2.75, 3.05) is 17.2 Å². The second-order valence-corrected chi connectivity index (χ2v) is 5.55. The first-order chi connectivity index (χ1) is 9.56. The summed E-state index contributed by atoms with van der Waals surface area (Å²) in [6, 6.07) is 13.7. The molecule has 2 aromatic rings. The maximum absolute atomic E-state index is 11.9. The van der Waals surface area contributed by atoms with Crippen molar-refractivity contribution in [3.63, 3.8) is 0 Å².